The van der Waals surface area contributed by atoms with Gasteiger partial charge < -0.3 is 0 Å². The minimum absolute atomic E-state index is 0.611. The molecule has 2 aromatic heterocycles. The van der Waals surface area contributed by atoms with Crippen molar-refractivity contribution in [3.63, 3.8) is 0 Å². The number of rotatable bonds is 1. The van der Waals surface area contributed by atoms with Crippen LogP contribution in [0, 0.1) is 25.2 Å². The van der Waals surface area contributed by atoms with Crippen molar-refractivity contribution in [3.05, 3.63) is 53.5 Å². The highest BCUT2D eigenvalue weighted by Crippen LogP contribution is 2.20. The molecule has 0 fully saturated rings. The van der Waals surface area contributed by atoms with Crippen LogP contribution in [0.15, 0.2) is 36.4 Å². The van der Waals surface area contributed by atoms with Crippen molar-refractivity contribution in [1.29, 1.82) is 5.26 Å². The molecule has 19 heavy (non-hydrogen) atoms. The van der Waals surface area contributed by atoms with Crippen LogP contribution in [0.4, 0.5) is 0 Å². The molecule has 0 unspecified atom stereocenters. The van der Waals surface area contributed by atoms with Crippen LogP contribution in [0.5, 0.6) is 0 Å². The molecule has 0 atom stereocenters. The summed E-state index contributed by atoms with van der Waals surface area (Å²) in [5.74, 6) is 1.60. The predicted molar refractivity (Wildman–Crippen MR) is 73.1 cm³/mol. The average Bonchev–Trinajstić information content (AvgIpc) is 2.73. The minimum atomic E-state index is 0.611. The molecule has 0 aliphatic rings. The molecule has 0 radical (unpaired) electrons. The Morgan fingerprint density at radius 3 is 2.68 bits per heavy atom. The first-order valence-electron chi connectivity index (χ1n) is 6.02. The Morgan fingerprint density at radius 1 is 1.11 bits per heavy atom. The number of imidazole rings is 1. The summed E-state index contributed by atoms with van der Waals surface area (Å²) in [6, 6.07) is 13.6. The molecule has 3 aromatic rings. The lowest BCUT2D eigenvalue weighted by Gasteiger charge is -2.07. The molecule has 0 aliphatic carbocycles. The van der Waals surface area contributed by atoms with Crippen LogP contribution in [0.25, 0.3) is 16.9 Å². The maximum Gasteiger partial charge on any atom is 0.140 e. The average molecular weight is 248 g/mol. The smallest absolute Gasteiger partial charge is 0.140 e. The van der Waals surface area contributed by atoms with Crippen molar-refractivity contribution < 1.29 is 0 Å². The predicted octanol–water partition coefficient (Wildman–Crippen LogP) is 2.91. The number of hydrogen-bond acceptors (Lipinski definition) is 3. The van der Waals surface area contributed by atoms with Crippen molar-refractivity contribution in [3.8, 4) is 11.9 Å². The first-order chi connectivity index (χ1) is 9.19. The van der Waals surface area contributed by atoms with Gasteiger partial charge in [-0.05, 0) is 38.1 Å². The molecule has 4 nitrogen and oxygen atoms in total. The van der Waals surface area contributed by atoms with Gasteiger partial charge in [-0.25, -0.2) is 9.97 Å². The molecule has 92 valence electrons. The van der Waals surface area contributed by atoms with E-state index in [-0.39, 0.29) is 0 Å². The highest BCUT2D eigenvalue weighted by molar-refractivity contribution is 5.77. The lowest BCUT2D eigenvalue weighted by molar-refractivity contribution is 0.943. The second kappa shape index (κ2) is 4.21. The number of nitrogens with zero attached hydrogens (tertiary/aromatic N) is 4. The molecule has 1 aromatic carbocycles. The topological polar surface area (TPSA) is 54.5 Å². The van der Waals surface area contributed by atoms with Gasteiger partial charge in [0.05, 0.1) is 22.7 Å². The van der Waals surface area contributed by atoms with Crippen molar-refractivity contribution in [2.45, 2.75) is 13.8 Å². The third kappa shape index (κ3) is 1.85. The number of para-hydroxylation sites is 2. The Morgan fingerprint density at radius 2 is 1.89 bits per heavy atom. The Bertz CT molecular complexity index is 809. The van der Waals surface area contributed by atoms with Gasteiger partial charge in [0, 0.05) is 5.69 Å². The second-order valence-electron chi connectivity index (χ2n) is 4.45. The van der Waals surface area contributed by atoms with Crippen LogP contribution >= 0.6 is 0 Å². The standard InChI is InChI=1S/C15H12N4/c1-10-7-12(9-16)8-15(17-10)19-11(2)18-13-5-3-4-6-14(13)19/h3-8H,1-2H3. The SMILES string of the molecule is Cc1cc(C#N)cc(-n2c(C)nc3ccccc32)n1. The van der Waals surface area contributed by atoms with Gasteiger partial charge in [-0.15, -0.1) is 0 Å². The van der Waals surface area contributed by atoms with E-state index in [9.17, 15) is 0 Å². The zero-order valence-electron chi connectivity index (χ0n) is 10.8. The van der Waals surface area contributed by atoms with E-state index >= 15 is 0 Å². The summed E-state index contributed by atoms with van der Waals surface area (Å²) in [7, 11) is 0. The van der Waals surface area contributed by atoms with E-state index in [1.54, 1.807) is 12.1 Å². The Kier molecular flexibility index (Phi) is 2.53. The fourth-order valence-electron chi connectivity index (χ4n) is 2.27. The van der Waals surface area contributed by atoms with Crippen LogP contribution in [0.3, 0.4) is 0 Å². The summed E-state index contributed by atoms with van der Waals surface area (Å²) >= 11 is 0. The van der Waals surface area contributed by atoms with E-state index in [4.69, 9.17) is 5.26 Å². The minimum Gasteiger partial charge on any atom is -0.281 e. The zero-order valence-corrected chi connectivity index (χ0v) is 10.8. The maximum absolute atomic E-state index is 9.06. The molecule has 0 amide bonds. The third-order valence-electron chi connectivity index (χ3n) is 3.03. The highest BCUT2D eigenvalue weighted by atomic mass is 15.1. The second-order valence-corrected chi connectivity index (χ2v) is 4.45. The largest absolute Gasteiger partial charge is 0.281 e. The number of benzene rings is 1. The summed E-state index contributed by atoms with van der Waals surface area (Å²) < 4.78 is 1.98. The monoisotopic (exact) mass is 248 g/mol. The van der Waals surface area contributed by atoms with Crippen LogP contribution in [0.2, 0.25) is 0 Å². The molecule has 3 rings (SSSR count). The lowest BCUT2D eigenvalue weighted by atomic mass is 10.2. The number of aromatic nitrogens is 3. The fraction of sp³-hybridized carbons (Fsp3) is 0.133. The van der Waals surface area contributed by atoms with Gasteiger partial charge in [-0.3, -0.25) is 4.57 Å². The van der Waals surface area contributed by atoms with Crippen molar-refractivity contribution in [2.24, 2.45) is 0 Å². The molecule has 0 saturated heterocycles. The summed E-state index contributed by atoms with van der Waals surface area (Å²) in [5.41, 5.74) is 3.37. The van der Waals surface area contributed by atoms with Crippen molar-refractivity contribution >= 4 is 11.0 Å². The van der Waals surface area contributed by atoms with Crippen LogP contribution < -0.4 is 0 Å². The zero-order chi connectivity index (χ0) is 13.4. The molecular weight excluding hydrogens is 236 g/mol. The number of pyridine rings is 1. The van der Waals surface area contributed by atoms with Gasteiger partial charge >= 0.3 is 0 Å². The lowest BCUT2D eigenvalue weighted by Crippen LogP contribution is -2.01. The van der Waals surface area contributed by atoms with Gasteiger partial charge in [-0.1, -0.05) is 12.1 Å². The number of nitriles is 1. The van der Waals surface area contributed by atoms with Gasteiger partial charge in [-0.2, -0.15) is 5.26 Å². The number of aryl methyl sites for hydroxylation is 2. The van der Waals surface area contributed by atoms with Gasteiger partial charge in [0.1, 0.15) is 11.6 Å². The van der Waals surface area contributed by atoms with Gasteiger partial charge in [0.2, 0.25) is 0 Å². The fourth-order valence-corrected chi connectivity index (χ4v) is 2.27. The normalized spacial score (nSPS) is 10.6. The van der Waals surface area contributed by atoms with Crippen LogP contribution in [-0.2, 0) is 0 Å². The first-order valence-corrected chi connectivity index (χ1v) is 6.02. The van der Waals surface area contributed by atoms with E-state index in [0.717, 1.165) is 28.4 Å². The maximum atomic E-state index is 9.06. The summed E-state index contributed by atoms with van der Waals surface area (Å²) in [4.78, 5) is 9.02. The molecule has 4 heteroatoms. The van der Waals surface area contributed by atoms with Crippen LogP contribution in [0.1, 0.15) is 17.1 Å². The molecule has 2 heterocycles. The summed E-state index contributed by atoms with van der Waals surface area (Å²) in [5, 5.41) is 9.06. The van der Waals surface area contributed by atoms with E-state index in [0.29, 0.717) is 5.56 Å². The number of fused-ring (bicyclic) bond motifs is 1. The van der Waals surface area contributed by atoms with Crippen molar-refractivity contribution in [2.75, 3.05) is 0 Å². The molecule has 0 saturated carbocycles. The van der Waals surface area contributed by atoms with E-state index in [2.05, 4.69) is 16.0 Å². The highest BCUT2D eigenvalue weighted by Gasteiger charge is 2.10. The third-order valence-corrected chi connectivity index (χ3v) is 3.03. The quantitative estimate of drug-likeness (QED) is 0.665. The molecule has 0 bridgehead atoms. The van der Waals surface area contributed by atoms with E-state index in [1.165, 1.54) is 0 Å². The molecule has 0 spiro atoms. The Hall–Kier alpha value is -2.67. The molecule has 0 aliphatic heterocycles. The first kappa shape index (κ1) is 11.4. The molecular formula is C15H12N4. The van der Waals surface area contributed by atoms with Gasteiger partial charge in [0.15, 0.2) is 0 Å². The van der Waals surface area contributed by atoms with E-state index in [1.807, 2.05) is 42.7 Å². The Labute approximate surface area is 111 Å². The molecule has 0 N–H and O–H groups in total. The van der Waals surface area contributed by atoms with Crippen LogP contribution in [-0.4, -0.2) is 14.5 Å². The van der Waals surface area contributed by atoms with Crippen molar-refractivity contribution in [1.82, 2.24) is 14.5 Å². The van der Waals surface area contributed by atoms with Gasteiger partial charge in [0.25, 0.3) is 0 Å². The number of hydrogen-bond donors (Lipinski definition) is 0. The Balaban J connectivity index is 2.33. The summed E-state index contributed by atoms with van der Waals surface area (Å²) in [6.45, 7) is 3.83. The summed E-state index contributed by atoms with van der Waals surface area (Å²) in [6.07, 6.45) is 0. The van der Waals surface area contributed by atoms with E-state index < -0.39 is 0 Å².